The van der Waals surface area contributed by atoms with Crippen molar-refractivity contribution in [3.8, 4) is 5.75 Å². The molecule has 2 aliphatic heterocycles. The van der Waals surface area contributed by atoms with Crippen molar-refractivity contribution in [2.24, 2.45) is 11.8 Å². The number of methoxy groups -OCH3 is 1. The van der Waals surface area contributed by atoms with Gasteiger partial charge in [-0.2, -0.15) is 0 Å². The van der Waals surface area contributed by atoms with E-state index in [9.17, 15) is 4.79 Å². The molecular weight excluding hydrogens is 348 g/mol. The molecule has 0 saturated carbocycles. The highest BCUT2D eigenvalue weighted by atomic mass is 16.5. The van der Waals surface area contributed by atoms with Gasteiger partial charge in [0.25, 0.3) is 0 Å². The summed E-state index contributed by atoms with van der Waals surface area (Å²) in [6.07, 6.45) is 1.58. The van der Waals surface area contributed by atoms with Crippen molar-refractivity contribution in [1.29, 1.82) is 0 Å². The van der Waals surface area contributed by atoms with Crippen LogP contribution in [0.4, 0.5) is 0 Å². The van der Waals surface area contributed by atoms with Crippen LogP contribution < -0.4 is 4.74 Å². The van der Waals surface area contributed by atoms with Crippen LogP contribution in [-0.4, -0.2) is 55.9 Å². The quantitative estimate of drug-likeness (QED) is 0.684. The fourth-order valence-corrected chi connectivity index (χ4v) is 5.07. The van der Waals surface area contributed by atoms with Crippen LogP contribution in [-0.2, 0) is 0 Å². The molecule has 2 aromatic rings. The topological polar surface area (TPSA) is 32.8 Å². The van der Waals surface area contributed by atoms with Crippen molar-refractivity contribution in [2.45, 2.75) is 18.9 Å². The number of carbonyl (C=O) groups excluding carboxylic acids is 1. The molecule has 0 amide bonds. The van der Waals surface area contributed by atoms with Crippen LogP contribution in [0.5, 0.6) is 5.75 Å². The van der Waals surface area contributed by atoms with Gasteiger partial charge in [-0.3, -0.25) is 9.69 Å². The van der Waals surface area contributed by atoms with E-state index in [1.807, 2.05) is 30.3 Å². The molecular formula is C24H30N2O2. The first-order valence-corrected chi connectivity index (χ1v) is 10.3. The van der Waals surface area contributed by atoms with E-state index >= 15 is 0 Å². The third-order valence-electron chi connectivity index (χ3n) is 6.40. The van der Waals surface area contributed by atoms with Crippen LogP contribution in [0.3, 0.4) is 0 Å². The Bertz CT molecular complexity index is 790. The van der Waals surface area contributed by atoms with Crippen LogP contribution in [0.2, 0.25) is 0 Å². The summed E-state index contributed by atoms with van der Waals surface area (Å²) in [6.45, 7) is 4.46. The van der Waals surface area contributed by atoms with Crippen molar-refractivity contribution < 1.29 is 9.53 Å². The maximum Gasteiger partial charge on any atom is 0.162 e. The van der Waals surface area contributed by atoms with Gasteiger partial charge in [-0.05, 0) is 49.5 Å². The van der Waals surface area contributed by atoms with E-state index in [2.05, 4.69) is 41.1 Å². The van der Waals surface area contributed by atoms with Gasteiger partial charge in [-0.15, -0.1) is 0 Å². The molecule has 3 atom stereocenters. The summed E-state index contributed by atoms with van der Waals surface area (Å²) < 4.78 is 5.31. The van der Waals surface area contributed by atoms with Gasteiger partial charge in [0.2, 0.25) is 0 Å². The predicted octanol–water partition coefficient (Wildman–Crippen LogP) is 3.89. The molecule has 2 heterocycles. The lowest BCUT2D eigenvalue weighted by atomic mass is 9.89. The molecule has 0 radical (unpaired) electrons. The first-order chi connectivity index (χ1) is 13.7. The van der Waals surface area contributed by atoms with E-state index in [-0.39, 0.29) is 5.78 Å². The second kappa shape index (κ2) is 8.46. The predicted molar refractivity (Wildman–Crippen MR) is 112 cm³/mol. The molecule has 2 aliphatic rings. The number of nitrogens with zero attached hydrogens (tertiary/aromatic N) is 2. The number of ether oxygens (including phenoxy) is 1. The molecule has 0 unspecified atom stereocenters. The van der Waals surface area contributed by atoms with Crippen molar-refractivity contribution in [2.75, 3.05) is 40.3 Å². The number of benzene rings is 2. The highest BCUT2D eigenvalue weighted by Crippen LogP contribution is 2.44. The van der Waals surface area contributed by atoms with Gasteiger partial charge < -0.3 is 9.64 Å². The summed E-state index contributed by atoms with van der Waals surface area (Å²) >= 11 is 0. The average molecular weight is 379 g/mol. The first kappa shape index (κ1) is 19.2. The van der Waals surface area contributed by atoms with Gasteiger partial charge in [0, 0.05) is 37.7 Å². The second-order valence-corrected chi connectivity index (χ2v) is 8.23. The van der Waals surface area contributed by atoms with Crippen molar-refractivity contribution in [3.05, 3.63) is 65.7 Å². The van der Waals surface area contributed by atoms with Gasteiger partial charge in [-0.1, -0.05) is 42.5 Å². The second-order valence-electron chi connectivity index (χ2n) is 8.23. The Morgan fingerprint density at radius 3 is 2.50 bits per heavy atom. The fraction of sp³-hybridized carbons (Fsp3) is 0.458. The lowest BCUT2D eigenvalue weighted by molar-refractivity contribution is 0.0975. The Balaban J connectivity index is 1.32. The molecule has 4 rings (SSSR count). The van der Waals surface area contributed by atoms with Gasteiger partial charge in [0.15, 0.2) is 5.78 Å². The minimum absolute atomic E-state index is 0.260. The SMILES string of the molecule is COc1ccc([C@H]2[C@@H]3CN(CCCC(=O)c4ccccc4)C[C@@H]3CN2C)cc1. The van der Waals surface area contributed by atoms with Crippen LogP contribution >= 0.6 is 0 Å². The van der Waals surface area contributed by atoms with Crippen LogP contribution in [0.1, 0.15) is 34.8 Å². The summed E-state index contributed by atoms with van der Waals surface area (Å²) in [4.78, 5) is 17.4. The highest BCUT2D eigenvalue weighted by molar-refractivity contribution is 5.95. The molecule has 4 nitrogen and oxygen atoms in total. The summed E-state index contributed by atoms with van der Waals surface area (Å²) in [5, 5.41) is 0. The zero-order valence-electron chi connectivity index (χ0n) is 16.9. The van der Waals surface area contributed by atoms with Crippen LogP contribution in [0.25, 0.3) is 0 Å². The van der Waals surface area contributed by atoms with E-state index in [1.54, 1.807) is 7.11 Å². The maximum absolute atomic E-state index is 12.3. The number of likely N-dealkylation sites (tertiary alicyclic amines) is 2. The smallest absolute Gasteiger partial charge is 0.162 e. The molecule has 4 heteroatoms. The van der Waals surface area contributed by atoms with E-state index in [0.29, 0.717) is 18.4 Å². The van der Waals surface area contributed by atoms with Crippen molar-refractivity contribution in [1.82, 2.24) is 9.80 Å². The normalized spacial score (nSPS) is 25.0. The number of ketones is 1. The Morgan fingerprint density at radius 1 is 1.04 bits per heavy atom. The molecule has 28 heavy (non-hydrogen) atoms. The Labute approximate surface area is 168 Å². The number of hydrogen-bond donors (Lipinski definition) is 0. The van der Waals surface area contributed by atoms with Gasteiger partial charge in [-0.25, -0.2) is 0 Å². The fourth-order valence-electron chi connectivity index (χ4n) is 5.07. The zero-order valence-corrected chi connectivity index (χ0v) is 16.9. The lowest BCUT2D eigenvalue weighted by Gasteiger charge is -2.27. The molecule has 2 aromatic carbocycles. The van der Waals surface area contributed by atoms with Crippen molar-refractivity contribution in [3.63, 3.8) is 0 Å². The van der Waals surface area contributed by atoms with E-state index in [1.165, 1.54) is 5.56 Å². The molecule has 148 valence electrons. The summed E-state index contributed by atoms with van der Waals surface area (Å²) in [7, 11) is 3.96. The van der Waals surface area contributed by atoms with Gasteiger partial charge in [0.05, 0.1) is 7.11 Å². The molecule has 0 spiro atoms. The Hall–Kier alpha value is -2.17. The van der Waals surface area contributed by atoms with Crippen molar-refractivity contribution >= 4 is 5.78 Å². The Morgan fingerprint density at radius 2 is 1.79 bits per heavy atom. The van der Waals surface area contributed by atoms with Crippen LogP contribution in [0, 0.1) is 11.8 Å². The van der Waals surface area contributed by atoms with Crippen LogP contribution in [0.15, 0.2) is 54.6 Å². The van der Waals surface area contributed by atoms with Gasteiger partial charge in [0.1, 0.15) is 5.75 Å². The monoisotopic (exact) mass is 378 g/mol. The first-order valence-electron chi connectivity index (χ1n) is 10.3. The molecule has 2 saturated heterocycles. The van der Waals surface area contributed by atoms with E-state index < -0.39 is 0 Å². The third-order valence-corrected chi connectivity index (χ3v) is 6.40. The summed E-state index contributed by atoms with van der Waals surface area (Å²) in [5.41, 5.74) is 2.22. The largest absolute Gasteiger partial charge is 0.497 e. The molecule has 0 aliphatic carbocycles. The number of hydrogen-bond acceptors (Lipinski definition) is 4. The average Bonchev–Trinajstić information content (AvgIpc) is 3.24. The minimum atomic E-state index is 0.260. The number of carbonyl (C=O) groups is 1. The standard InChI is InChI=1S/C24H30N2O2/c1-25-15-20-16-26(14-6-9-23(27)18-7-4-3-5-8-18)17-22(20)24(25)19-10-12-21(28-2)13-11-19/h3-5,7-8,10-13,20,22,24H,6,9,14-17H2,1-2H3/t20-,22+,24-/m0/s1. The van der Waals surface area contributed by atoms with Gasteiger partial charge >= 0.3 is 0 Å². The molecule has 2 fully saturated rings. The van der Waals surface area contributed by atoms with E-state index in [0.717, 1.165) is 49.8 Å². The molecule has 0 bridgehead atoms. The number of rotatable bonds is 7. The Kier molecular flexibility index (Phi) is 5.79. The highest BCUT2D eigenvalue weighted by Gasteiger charge is 2.45. The third kappa shape index (κ3) is 3.98. The molecule has 0 N–H and O–H groups in total. The minimum Gasteiger partial charge on any atom is -0.497 e. The molecule has 0 aromatic heterocycles. The number of fused-ring (bicyclic) bond motifs is 1. The maximum atomic E-state index is 12.3. The lowest BCUT2D eigenvalue weighted by Crippen LogP contribution is -2.30. The number of Topliss-reactive ketones (excluding diaryl/α,β-unsaturated/α-hetero) is 1. The zero-order chi connectivity index (χ0) is 19.5. The van der Waals surface area contributed by atoms with E-state index in [4.69, 9.17) is 4.74 Å². The summed E-state index contributed by atoms with van der Waals surface area (Å²) in [5.74, 6) is 2.57. The summed E-state index contributed by atoms with van der Waals surface area (Å²) in [6, 6.07) is 18.7.